The summed E-state index contributed by atoms with van der Waals surface area (Å²) in [7, 11) is 2.79. The van der Waals surface area contributed by atoms with Crippen LogP contribution in [0.15, 0.2) is 47.2 Å². The van der Waals surface area contributed by atoms with Gasteiger partial charge in [0, 0.05) is 14.1 Å². The number of hydrogen-bond acceptors (Lipinski definition) is 14. The van der Waals surface area contributed by atoms with E-state index in [0.29, 0.717) is 11.1 Å². The first-order valence-electron chi connectivity index (χ1n) is 20.9. The Hall–Kier alpha value is -8.68. The van der Waals surface area contributed by atoms with Crippen LogP contribution < -0.4 is 44.7 Å². The number of aryl methyl sites for hydroxylation is 4. The van der Waals surface area contributed by atoms with Gasteiger partial charge in [-0.15, -0.1) is 0 Å². The highest BCUT2D eigenvalue weighted by atomic mass is 16.4. The molecule has 0 atom stereocenters. The van der Waals surface area contributed by atoms with Crippen LogP contribution in [0.4, 0.5) is 0 Å². The molecule has 364 valence electrons. The third-order valence-corrected chi connectivity index (χ3v) is 13.5. The van der Waals surface area contributed by atoms with Gasteiger partial charge >= 0.3 is 46.4 Å². The predicted molar refractivity (Wildman–Crippen MR) is 258 cm³/mol. The second-order valence-electron chi connectivity index (χ2n) is 16.9. The Balaban J connectivity index is 0.000000177. The zero-order valence-corrected chi connectivity index (χ0v) is 40.4. The Labute approximate surface area is 392 Å². The average Bonchev–Trinajstić information content (AvgIpc) is 3.92. The van der Waals surface area contributed by atoms with E-state index in [1.165, 1.54) is 61.3 Å². The number of furan rings is 2. The van der Waals surface area contributed by atoms with Crippen LogP contribution >= 0.6 is 0 Å². The van der Waals surface area contributed by atoms with Crippen molar-refractivity contribution in [3.8, 4) is 0 Å². The minimum Gasteiger partial charge on any atom is -0.478 e. The number of hydrogen-bond donors (Lipinski definition) is 4. The second kappa shape index (κ2) is 18.4. The minimum absolute atomic E-state index is 0.0444. The maximum Gasteiger partial charge on any atom is 0.347 e. The van der Waals surface area contributed by atoms with E-state index in [0.717, 1.165) is 23.0 Å². The Morgan fingerprint density at radius 3 is 0.600 bits per heavy atom. The fraction of sp³-hybridized carbons (Fsp3) is 0.280. The number of nitrogens with zero attached hydrogens (tertiary/aromatic N) is 2. The highest BCUT2D eigenvalue weighted by Gasteiger charge is 2.32. The van der Waals surface area contributed by atoms with Gasteiger partial charge < -0.3 is 29.3 Å². The Bertz CT molecular complexity index is 3570. The van der Waals surface area contributed by atoms with Gasteiger partial charge in [0.05, 0.1) is 65.3 Å². The molecule has 0 unspecified atom stereocenters. The van der Waals surface area contributed by atoms with Crippen LogP contribution in [0.5, 0.6) is 0 Å². The van der Waals surface area contributed by atoms with E-state index in [1.807, 2.05) is 0 Å². The number of fused-ring (bicyclic) bond motifs is 4. The molecule has 0 saturated heterocycles. The lowest BCUT2D eigenvalue weighted by Gasteiger charge is -2.15. The van der Waals surface area contributed by atoms with E-state index in [2.05, 4.69) is 50.4 Å². The molecular formula is C50H46N2O18. The lowest BCUT2D eigenvalue weighted by Crippen LogP contribution is -2.22. The first-order chi connectivity index (χ1) is 32.3. The molecule has 70 heavy (non-hydrogen) atoms. The summed E-state index contributed by atoms with van der Waals surface area (Å²) < 4.78 is 11.0. The fourth-order valence-electron chi connectivity index (χ4n) is 9.07. The van der Waals surface area contributed by atoms with Crippen LogP contribution in [0, 0.1) is 83.1 Å². The summed E-state index contributed by atoms with van der Waals surface area (Å²) in [5, 5.41) is 37.3. The van der Waals surface area contributed by atoms with E-state index in [-0.39, 0.29) is 54.2 Å². The standard InChI is InChI=1S/C14H12N2O4.C12H10O8.C12H6O6.C12H18/c1-5-7-9(13(19)15(3)11(7)17)6(2)10-8(5)12(18)16(4)14(10)20;1-3-5(9(13)14)7(11(17)18)4(2)8(12(19)20)6(3)10(15)16;1-3-5-7(11(15)17-9(5)13)4(2)8-6(3)10(14)18-12(8)16;1-7-8(2)10(4)12(6)11(5)9(7)3/h1-4H3;1-2H3,(H,13,14)(H,15,16)(H,17,18)(H,19,20);1-2H3;1-6H3. The quantitative estimate of drug-likeness (QED) is 0.190. The highest BCUT2D eigenvalue weighted by Crippen LogP contribution is 2.30. The third kappa shape index (κ3) is 7.95. The Kier molecular flexibility index (Phi) is 13.8. The van der Waals surface area contributed by atoms with Crippen LogP contribution in [-0.2, 0) is 14.1 Å². The molecular weight excluding hydrogens is 917 g/mol. The summed E-state index contributed by atoms with van der Waals surface area (Å²) in [4.78, 5) is 139. The molecule has 0 bridgehead atoms. The molecule has 8 rings (SSSR count). The molecule has 0 aliphatic carbocycles. The van der Waals surface area contributed by atoms with Crippen LogP contribution in [-0.4, -0.2) is 53.4 Å². The first kappa shape index (κ1) is 52.3. The van der Waals surface area contributed by atoms with Crippen molar-refractivity contribution >= 4 is 67.0 Å². The smallest absolute Gasteiger partial charge is 0.347 e. The van der Waals surface area contributed by atoms with Crippen molar-refractivity contribution in [2.24, 2.45) is 14.1 Å². The molecule has 0 amide bonds. The summed E-state index contributed by atoms with van der Waals surface area (Å²) in [6, 6.07) is 0. The normalized spacial score (nSPS) is 11.1. The largest absolute Gasteiger partial charge is 0.478 e. The molecule has 20 nitrogen and oxygen atoms in total. The summed E-state index contributed by atoms with van der Waals surface area (Å²) in [6.07, 6.45) is 0. The molecule has 20 heteroatoms. The van der Waals surface area contributed by atoms with Crippen LogP contribution in [0.1, 0.15) is 108 Å². The summed E-state index contributed by atoms with van der Waals surface area (Å²) in [5.41, 5.74) is 1.40. The SMILES string of the molecule is Cc1c(C(=O)O)c(C(=O)O)c(C)c(C(=O)O)c1C(=O)O.Cc1c(C)c(C)c(C)c(C)c1C.Cc1c2c(=O)n(C)c(=O)c2c(C)c2c(=O)n(C)c(=O)c12.Cc1c2c(=O)oc(=O)c2c(C)c2c(=O)oc(=O)c12. The molecule has 0 radical (unpaired) electrons. The van der Waals surface area contributed by atoms with Crippen molar-refractivity contribution in [1.29, 1.82) is 0 Å². The van der Waals surface area contributed by atoms with Crippen molar-refractivity contribution in [3.63, 3.8) is 0 Å². The number of carbonyl (C=O) groups is 4. The number of aromatic carboxylic acids is 4. The highest BCUT2D eigenvalue weighted by molar-refractivity contribution is 6.12. The van der Waals surface area contributed by atoms with E-state index < -0.39 is 102 Å². The van der Waals surface area contributed by atoms with Crippen LogP contribution in [0.3, 0.4) is 0 Å². The summed E-state index contributed by atoms with van der Waals surface area (Å²) in [5.74, 6) is -6.55. The van der Waals surface area contributed by atoms with Crippen LogP contribution in [0.25, 0.3) is 43.1 Å². The van der Waals surface area contributed by atoms with Gasteiger partial charge in [-0.1, -0.05) is 0 Å². The lowest BCUT2D eigenvalue weighted by molar-refractivity contribution is 0.0634. The average molecular weight is 963 g/mol. The molecule has 4 heterocycles. The van der Waals surface area contributed by atoms with Gasteiger partial charge in [-0.05, 0) is 150 Å². The molecule has 0 aliphatic rings. The van der Waals surface area contributed by atoms with Gasteiger partial charge in [-0.25, -0.2) is 38.4 Å². The molecule has 4 aromatic carbocycles. The van der Waals surface area contributed by atoms with Crippen molar-refractivity contribution in [1.82, 2.24) is 9.13 Å². The molecule has 0 saturated carbocycles. The molecule has 8 aromatic rings. The maximum atomic E-state index is 12.1. The molecule has 0 spiro atoms. The zero-order valence-electron chi connectivity index (χ0n) is 40.4. The molecule has 0 aliphatic heterocycles. The summed E-state index contributed by atoms with van der Waals surface area (Å²) in [6.45, 7) is 21.6. The predicted octanol–water partition coefficient (Wildman–Crippen LogP) is 4.35. The lowest BCUT2D eigenvalue weighted by atomic mass is 9.87. The monoisotopic (exact) mass is 962 g/mol. The number of rotatable bonds is 4. The Morgan fingerprint density at radius 2 is 0.443 bits per heavy atom. The van der Waals surface area contributed by atoms with Crippen LogP contribution in [0.2, 0.25) is 0 Å². The van der Waals surface area contributed by atoms with Gasteiger partial charge in [0.2, 0.25) is 0 Å². The topological polar surface area (TPSA) is 322 Å². The van der Waals surface area contributed by atoms with Gasteiger partial charge in [-0.3, -0.25) is 28.3 Å². The van der Waals surface area contributed by atoms with E-state index in [1.54, 1.807) is 13.8 Å². The maximum absolute atomic E-state index is 12.1. The fourth-order valence-corrected chi connectivity index (χ4v) is 9.07. The van der Waals surface area contributed by atoms with E-state index >= 15 is 0 Å². The molecule has 4 aromatic heterocycles. The molecule has 0 fully saturated rings. The van der Waals surface area contributed by atoms with Crippen molar-refractivity contribution < 1.29 is 48.4 Å². The Morgan fingerprint density at radius 1 is 0.286 bits per heavy atom. The van der Waals surface area contributed by atoms with Crippen molar-refractivity contribution in [3.05, 3.63) is 172 Å². The van der Waals surface area contributed by atoms with E-state index in [9.17, 15) is 57.5 Å². The van der Waals surface area contributed by atoms with E-state index in [4.69, 9.17) is 20.4 Å². The first-order valence-corrected chi connectivity index (χ1v) is 20.9. The van der Waals surface area contributed by atoms with Crippen molar-refractivity contribution in [2.75, 3.05) is 0 Å². The second-order valence-corrected chi connectivity index (χ2v) is 16.9. The number of benzene rings is 4. The van der Waals surface area contributed by atoms with Gasteiger partial charge in [-0.2, -0.15) is 0 Å². The van der Waals surface area contributed by atoms with Crippen molar-refractivity contribution in [2.45, 2.75) is 83.1 Å². The number of aromatic nitrogens is 2. The van der Waals surface area contributed by atoms with Gasteiger partial charge in [0.15, 0.2) is 0 Å². The minimum atomic E-state index is -1.64. The number of carboxylic acids is 4. The molecule has 4 N–H and O–H groups in total. The number of carboxylic acid groups (broad SMARTS) is 4. The summed E-state index contributed by atoms with van der Waals surface area (Å²) >= 11 is 0. The zero-order chi connectivity index (χ0) is 53.4. The van der Waals surface area contributed by atoms with Gasteiger partial charge in [0.25, 0.3) is 22.2 Å². The van der Waals surface area contributed by atoms with Gasteiger partial charge in [0.1, 0.15) is 0 Å². The third-order valence-electron chi connectivity index (χ3n) is 13.5.